The molecule has 0 aliphatic carbocycles. The lowest BCUT2D eigenvalue weighted by atomic mass is 10.1. The number of anilines is 2. The largest absolute Gasteiger partial charge is 0.290 e. The highest BCUT2D eigenvalue weighted by atomic mass is 15.4. The van der Waals surface area contributed by atoms with Gasteiger partial charge in [0, 0.05) is 11.1 Å². The lowest BCUT2D eigenvalue weighted by Gasteiger charge is -2.07. The van der Waals surface area contributed by atoms with Crippen molar-refractivity contribution in [1.82, 2.24) is 29.5 Å². The van der Waals surface area contributed by atoms with Crippen molar-refractivity contribution in [2.45, 2.75) is 26.9 Å². The molecule has 0 bridgehead atoms. The summed E-state index contributed by atoms with van der Waals surface area (Å²) in [4.78, 5) is 9.78. The molecule has 6 aromatic rings. The predicted octanol–water partition coefficient (Wildman–Crippen LogP) is 7.95. The predicted molar refractivity (Wildman–Crippen MR) is 175 cm³/mol. The van der Waals surface area contributed by atoms with Crippen molar-refractivity contribution in [1.29, 1.82) is 0 Å². The Hall–Kier alpha value is -5.56. The molecule has 7 heteroatoms. The molecule has 0 spiro atoms. The molecule has 4 aromatic carbocycles. The van der Waals surface area contributed by atoms with Crippen molar-refractivity contribution in [2.75, 3.05) is 5.32 Å². The molecule has 2 heterocycles. The van der Waals surface area contributed by atoms with E-state index in [0.717, 1.165) is 45.0 Å². The number of nitrogens with one attached hydrogen (secondary N) is 1. The summed E-state index contributed by atoms with van der Waals surface area (Å²) in [6.45, 7) is 13.0. The van der Waals surface area contributed by atoms with Crippen LogP contribution in [0, 0.1) is 13.8 Å². The summed E-state index contributed by atoms with van der Waals surface area (Å²) in [6, 6.07) is 33.2. The van der Waals surface area contributed by atoms with Gasteiger partial charge in [-0.15, -0.1) is 10.2 Å². The summed E-state index contributed by atoms with van der Waals surface area (Å²) in [5.41, 5.74) is 8.71. The summed E-state index contributed by atoms with van der Waals surface area (Å²) in [6.07, 6.45) is 3.68. The number of aromatic nitrogens is 6. The Labute approximate surface area is 251 Å². The zero-order valence-electron chi connectivity index (χ0n) is 24.4. The van der Waals surface area contributed by atoms with Gasteiger partial charge in [0.1, 0.15) is 0 Å². The van der Waals surface area contributed by atoms with Gasteiger partial charge >= 0.3 is 0 Å². The van der Waals surface area contributed by atoms with Crippen molar-refractivity contribution < 1.29 is 0 Å². The first-order valence-electron chi connectivity index (χ1n) is 14.2. The Kier molecular flexibility index (Phi) is 7.78. The first kappa shape index (κ1) is 27.6. The van der Waals surface area contributed by atoms with Gasteiger partial charge in [0.15, 0.2) is 11.6 Å². The molecule has 43 heavy (non-hydrogen) atoms. The fraction of sp³-hybridized carbons (Fsp3) is 0.111. The van der Waals surface area contributed by atoms with Gasteiger partial charge in [-0.1, -0.05) is 133 Å². The molecular formula is C36H33N7. The van der Waals surface area contributed by atoms with E-state index in [-0.39, 0.29) is 0 Å². The molecular weight excluding hydrogens is 530 g/mol. The van der Waals surface area contributed by atoms with Crippen LogP contribution in [-0.4, -0.2) is 29.5 Å². The zero-order valence-corrected chi connectivity index (χ0v) is 24.4. The van der Waals surface area contributed by atoms with E-state index in [1.165, 1.54) is 11.1 Å². The number of aryl methyl sites for hydroxylation is 2. The van der Waals surface area contributed by atoms with Crippen LogP contribution in [0.5, 0.6) is 0 Å². The molecule has 0 atom stereocenters. The first-order chi connectivity index (χ1) is 21.0. The third kappa shape index (κ3) is 6.36. The van der Waals surface area contributed by atoms with Crippen molar-refractivity contribution in [2.24, 2.45) is 0 Å². The third-order valence-electron chi connectivity index (χ3n) is 7.28. The molecule has 0 aliphatic rings. The summed E-state index contributed by atoms with van der Waals surface area (Å²) >= 11 is 0. The van der Waals surface area contributed by atoms with E-state index in [2.05, 4.69) is 129 Å². The Bertz CT molecular complexity index is 1720. The minimum atomic E-state index is 0.432. The van der Waals surface area contributed by atoms with Crippen molar-refractivity contribution in [3.63, 3.8) is 0 Å². The van der Waals surface area contributed by atoms with E-state index in [1.54, 1.807) is 0 Å². The topological polar surface area (TPSA) is 73.5 Å². The Morgan fingerprint density at radius 1 is 0.558 bits per heavy atom. The van der Waals surface area contributed by atoms with Crippen molar-refractivity contribution in [3.05, 3.63) is 144 Å². The van der Waals surface area contributed by atoms with E-state index < -0.39 is 0 Å². The van der Waals surface area contributed by atoms with Crippen LogP contribution in [0.1, 0.15) is 33.4 Å². The van der Waals surface area contributed by atoms with Crippen LogP contribution in [0.2, 0.25) is 0 Å². The number of rotatable bonds is 10. The van der Waals surface area contributed by atoms with Crippen LogP contribution in [0.15, 0.2) is 110 Å². The van der Waals surface area contributed by atoms with E-state index in [4.69, 9.17) is 20.2 Å². The highest BCUT2D eigenvalue weighted by Crippen LogP contribution is 2.25. The number of benzene rings is 4. The lowest BCUT2D eigenvalue weighted by molar-refractivity contribution is 0.691. The normalized spacial score (nSPS) is 10.9. The molecule has 212 valence electrons. The smallest absolute Gasteiger partial charge is 0.249 e. The summed E-state index contributed by atoms with van der Waals surface area (Å²) in [5, 5.41) is 13.0. The van der Waals surface area contributed by atoms with Gasteiger partial charge in [-0.05, 0) is 36.1 Å². The molecule has 1 N–H and O–H groups in total. The third-order valence-corrected chi connectivity index (χ3v) is 7.28. The van der Waals surface area contributed by atoms with E-state index in [9.17, 15) is 0 Å². The average molecular weight is 564 g/mol. The Morgan fingerprint density at radius 2 is 0.930 bits per heavy atom. The first-order valence-corrected chi connectivity index (χ1v) is 14.2. The summed E-state index contributed by atoms with van der Waals surface area (Å²) in [7, 11) is 0. The minimum Gasteiger partial charge on any atom is -0.290 e. The number of hydrogen-bond acceptors (Lipinski definition) is 5. The van der Waals surface area contributed by atoms with E-state index in [1.807, 2.05) is 21.5 Å². The molecule has 0 amide bonds. The highest BCUT2D eigenvalue weighted by Gasteiger charge is 2.17. The molecule has 0 saturated heterocycles. The highest BCUT2D eigenvalue weighted by molar-refractivity contribution is 5.61. The van der Waals surface area contributed by atoms with Crippen LogP contribution in [0.4, 0.5) is 11.9 Å². The van der Waals surface area contributed by atoms with Gasteiger partial charge in [-0.3, -0.25) is 5.32 Å². The van der Waals surface area contributed by atoms with Crippen molar-refractivity contribution >= 4 is 24.0 Å². The fourth-order valence-corrected chi connectivity index (χ4v) is 4.81. The van der Waals surface area contributed by atoms with Crippen LogP contribution >= 0.6 is 0 Å². The molecule has 7 nitrogen and oxygen atoms in total. The van der Waals surface area contributed by atoms with Gasteiger partial charge in [-0.2, -0.15) is 9.97 Å². The van der Waals surface area contributed by atoms with Crippen LogP contribution in [0.25, 0.3) is 34.9 Å². The summed E-state index contributed by atoms with van der Waals surface area (Å²) in [5.74, 6) is 2.38. The average Bonchev–Trinajstić information content (AvgIpc) is 3.62. The van der Waals surface area contributed by atoms with Gasteiger partial charge in [0.25, 0.3) is 0 Å². The van der Waals surface area contributed by atoms with Crippen LogP contribution in [0.3, 0.4) is 0 Å². The number of hydrogen-bond donors (Lipinski definition) is 1. The molecule has 0 saturated carbocycles. The standard InChI is InChI=1S/C36H33N7/c1-5-27-11-15-29(16-12-27)23-42-33(31-19-7-25(3)8-20-31)37-35(40-42)39-36-38-34(32-21-9-26(4)10-22-32)43(41-36)24-30-17-13-28(6-2)14-18-30/h5-22H,1-2,23-24H2,3-4H3,(H,39,40,41). The van der Waals surface area contributed by atoms with E-state index >= 15 is 0 Å². The second-order valence-electron chi connectivity index (χ2n) is 10.6. The number of nitrogens with zero attached hydrogens (tertiary/aromatic N) is 6. The van der Waals surface area contributed by atoms with E-state index in [0.29, 0.717) is 25.0 Å². The monoisotopic (exact) mass is 563 g/mol. The molecule has 2 aromatic heterocycles. The van der Waals surface area contributed by atoms with Crippen molar-refractivity contribution in [3.8, 4) is 22.8 Å². The van der Waals surface area contributed by atoms with Gasteiger partial charge in [0.05, 0.1) is 13.1 Å². The lowest BCUT2D eigenvalue weighted by Crippen LogP contribution is -2.05. The quantitative estimate of drug-likeness (QED) is 0.183. The summed E-state index contributed by atoms with van der Waals surface area (Å²) < 4.78 is 3.82. The maximum absolute atomic E-state index is 4.89. The Morgan fingerprint density at radius 3 is 1.28 bits per heavy atom. The maximum Gasteiger partial charge on any atom is 0.249 e. The van der Waals surface area contributed by atoms with Crippen LogP contribution < -0.4 is 5.32 Å². The fourth-order valence-electron chi connectivity index (χ4n) is 4.81. The van der Waals surface area contributed by atoms with Gasteiger partial charge in [-0.25, -0.2) is 9.36 Å². The SMILES string of the molecule is C=Cc1ccc(Cn2nc(Nc3nc(-c4ccc(C)cc4)n(Cc4ccc(C=C)cc4)n3)nc2-c2ccc(C)cc2)cc1. The second-order valence-corrected chi connectivity index (χ2v) is 10.6. The molecule has 0 fully saturated rings. The van der Waals surface area contributed by atoms with Gasteiger partial charge < -0.3 is 0 Å². The van der Waals surface area contributed by atoms with Gasteiger partial charge in [0.2, 0.25) is 11.9 Å². The second kappa shape index (κ2) is 12.1. The molecule has 6 rings (SSSR count). The zero-order chi connectivity index (χ0) is 29.8. The molecule has 0 unspecified atom stereocenters. The molecule has 0 radical (unpaired) electrons. The van der Waals surface area contributed by atoms with Crippen LogP contribution in [-0.2, 0) is 13.1 Å². The minimum absolute atomic E-state index is 0.432. The maximum atomic E-state index is 4.89. The Balaban J connectivity index is 1.35. The molecule has 0 aliphatic heterocycles.